The zero-order valence-electron chi connectivity index (χ0n) is 9.88. The van der Waals surface area contributed by atoms with Gasteiger partial charge in [0.25, 0.3) is 0 Å². The highest BCUT2D eigenvalue weighted by Crippen LogP contribution is 2.23. The van der Waals surface area contributed by atoms with Crippen LogP contribution in [-0.4, -0.2) is 17.2 Å². The standard InChI is InChI=1S/C13H15NO2S/c1-9(15)12-8-14-13(17-12)7-10-3-5-11(16-2)6-4-10/h3-6,8-9,15H,7H2,1-2H3. The summed E-state index contributed by atoms with van der Waals surface area (Å²) in [5, 5.41) is 10.4. The number of nitrogens with zero attached hydrogens (tertiary/aromatic N) is 1. The maximum Gasteiger partial charge on any atom is 0.118 e. The molecule has 2 rings (SSSR count). The van der Waals surface area contributed by atoms with Crippen LogP contribution in [0.3, 0.4) is 0 Å². The summed E-state index contributed by atoms with van der Waals surface area (Å²) in [5.74, 6) is 0.859. The molecule has 0 amide bonds. The predicted molar refractivity (Wildman–Crippen MR) is 68.5 cm³/mol. The van der Waals surface area contributed by atoms with Gasteiger partial charge in [0, 0.05) is 12.6 Å². The van der Waals surface area contributed by atoms with Crippen LogP contribution in [-0.2, 0) is 6.42 Å². The van der Waals surface area contributed by atoms with Crippen molar-refractivity contribution < 1.29 is 9.84 Å². The van der Waals surface area contributed by atoms with E-state index in [1.807, 2.05) is 24.3 Å². The highest BCUT2D eigenvalue weighted by atomic mass is 32.1. The van der Waals surface area contributed by atoms with Gasteiger partial charge in [-0.2, -0.15) is 0 Å². The first-order chi connectivity index (χ1) is 8.19. The Morgan fingerprint density at radius 3 is 2.59 bits per heavy atom. The van der Waals surface area contributed by atoms with Crippen molar-refractivity contribution in [2.45, 2.75) is 19.4 Å². The van der Waals surface area contributed by atoms with Crippen LogP contribution in [0.15, 0.2) is 30.5 Å². The summed E-state index contributed by atoms with van der Waals surface area (Å²) in [6.45, 7) is 1.75. The fourth-order valence-corrected chi connectivity index (χ4v) is 2.41. The molecule has 90 valence electrons. The average Bonchev–Trinajstić information content (AvgIpc) is 2.79. The topological polar surface area (TPSA) is 42.4 Å². The number of aliphatic hydroxyl groups excluding tert-OH is 1. The zero-order valence-corrected chi connectivity index (χ0v) is 10.7. The van der Waals surface area contributed by atoms with Crippen molar-refractivity contribution in [2.75, 3.05) is 7.11 Å². The summed E-state index contributed by atoms with van der Waals surface area (Å²) in [7, 11) is 1.66. The van der Waals surface area contributed by atoms with Crippen LogP contribution in [0, 0.1) is 0 Å². The Balaban J connectivity index is 2.08. The summed E-state index contributed by atoms with van der Waals surface area (Å²) >= 11 is 1.55. The van der Waals surface area contributed by atoms with Gasteiger partial charge in [-0.25, -0.2) is 4.98 Å². The Morgan fingerprint density at radius 1 is 1.35 bits per heavy atom. The summed E-state index contributed by atoms with van der Waals surface area (Å²) in [6, 6.07) is 7.95. The summed E-state index contributed by atoms with van der Waals surface area (Å²) < 4.78 is 5.11. The molecular weight excluding hydrogens is 234 g/mol. The van der Waals surface area contributed by atoms with Crippen molar-refractivity contribution in [3.05, 3.63) is 45.9 Å². The second kappa shape index (κ2) is 5.29. The molecule has 0 fully saturated rings. The highest BCUT2D eigenvalue weighted by molar-refractivity contribution is 7.11. The second-order valence-corrected chi connectivity index (χ2v) is 5.00. The van der Waals surface area contributed by atoms with Gasteiger partial charge >= 0.3 is 0 Å². The lowest BCUT2D eigenvalue weighted by Gasteiger charge is -2.01. The van der Waals surface area contributed by atoms with Crippen molar-refractivity contribution in [1.29, 1.82) is 0 Å². The first-order valence-electron chi connectivity index (χ1n) is 5.44. The number of aromatic nitrogens is 1. The van der Waals surface area contributed by atoms with Crippen LogP contribution in [0.5, 0.6) is 5.75 Å². The Labute approximate surface area is 105 Å². The summed E-state index contributed by atoms with van der Waals surface area (Å²) in [5.41, 5.74) is 1.19. The Kier molecular flexibility index (Phi) is 3.76. The monoisotopic (exact) mass is 249 g/mol. The zero-order chi connectivity index (χ0) is 12.3. The molecule has 0 spiro atoms. The van der Waals surface area contributed by atoms with Crippen LogP contribution in [0.1, 0.15) is 28.5 Å². The van der Waals surface area contributed by atoms with Gasteiger partial charge in [0.05, 0.1) is 23.1 Å². The largest absolute Gasteiger partial charge is 0.497 e. The van der Waals surface area contributed by atoms with Crippen molar-refractivity contribution in [1.82, 2.24) is 4.98 Å². The van der Waals surface area contributed by atoms with Gasteiger partial charge in [-0.1, -0.05) is 12.1 Å². The number of methoxy groups -OCH3 is 1. The lowest BCUT2D eigenvalue weighted by molar-refractivity contribution is 0.203. The predicted octanol–water partition coefficient (Wildman–Crippen LogP) is 2.80. The van der Waals surface area contributed by atoms with Crippen LogP contribution in [0.25, 0.3) is 0 Å². The third kappa shape index (κ3) is 3.05. The lowest BCUT2D eigenvalue weighted by Crippen LogP contribution is -1.87. The van der Waals surface area contributed by atoms with E-state index in [2.05, 4.69) is 4.98 Å². The van der Waals surface area contributed by atoms with E-state index in [1.165, 1.54) is 5.56 Å². The maximum absolute atomic E-state index is 9.43. The smallest absolute Gasteiger partial charge is 0.118 e. The minimum absolute atomic E-state index is 0.433. The molecular formula is C13H15NO2S. The Bertz CT molecular complexity index is 476. The molecule has 3 nitrogen and oxygen atoms in total. The van der Waals surface area contributed by atoms with Gasteiger partial charge < -0.3 is 9.84 Å². The fourth-order valence-electron chi connectivity index (χ4n) is 1.52. The molecule has 0 aliphatic rings. The first-order valence-corrected chi connectivity index (χ1v) is 6.26. The molecule has 0 bridgehead atoms. The summed E-state index contributed by atoms with van der Waals surface area (Å²) in [4.78, 5) is 5.21. The summed E-state index contributed by atoms with van der Waals surface area (Å²) in [6.07, 6.45) is 2.10. The van der Waals surface area contributed by atoms with Gasteiger partial charge in [-0.05, 0) is 24.6 Å². The van der Waals surface area contributed by atoms with Crippen LogP contribution < -0.4 is 4.74 Å². The number of thiazole rings is 1. The quantitative estimate of drug-likeness (QED) is 0.906. The minimum atomic E-state index is -0.433. The van der Waals surface area contributed by atoms with Crippen molar-refractivity contribution in [3.63, 3.8) is 0 Å². The molecule has 2 aromatic rings. The number of aliphatic hydroxyl groups is 1. The van der Waals surface area contributed by atoms with E-state index in [1.54, 1.807) is 31.6 Å². The molecule has 1 aromatic heterocycles. The van der Waals surface area contributed by atoms with E-state index in [0.29, 0.717) is 0 Å². The molecule has 17 heavy (non-hydrogen) atoms. The van der Waals surface area contributed by atoms with Crippen molar-refractivity contribution >= 4 is 11.3 Å². The van der Waals surface area contributed by atoms with E-state index in [-0.39, 0.29) is 0 Å². The molecule has 1 unspecified atom stereocenters. The van der Waals surface area contributed by atoms with Crippen molar-refractivity contribution in [2.24, 2.45) is 0 Å². The van der Waals surface area contributed by atoms with E-state index < -0.39 is 6.10 Å². The van der Waals surface area contributed by atoms with E-state index >= 15 is 0 Å². The molecule has 0 radical (unpaired) electrons. The third-order valence-corrected chi connectivity index (χ3v) is 3.67. The van der Waals surface area contributed by atoms with E-state index in [9.17, 15) is 5.11 Å². The maximum atomic E-state index is 9.43. The van der Waals surface area contributed by atoms with Gasteiger partial charge in [-0.3, -0.25) is 0 Å². The number of benzene rings is 1. The number of hydrogen-bond acceptors (Lipinski definition) is 4. The van der Waals surface area contributed by atoms with Gasteiger partial charge in [-0.15, -0.1) is 11.3 Å². The van der Waals surface area contributed by atoms with Crippen LogP contribution in [0.4, 0.5) is 0 Å². The van der Waals surface area contributed by atoms with E-state index in [0.717, 1.165) is 22.1 Å². The molecule has 0 saturated heterocycles. The fraction of sp³-hybridized carbons (Fsp3) is 0.308. The van der Waals surface area contributed by atoms with Crippen LogP contribution in [0.2, 0.25) is 0 Å². The molecule has 4 heteroatoms. The molecule has 1 atom stereocenters. The highest BCUT2D eigenvalue weighted by Gasteiger charge is 2.07. The normalized spacial score (nSPS) is 12.4. The Hall–Kier alpha value is -1.39. The first kappa shape index (κ1) is 12.1. The molecule has 1 heterocycles. The molecule has 0 aliphatic heterocycles. The minimum Gasteiger partial charge on any atom is -0.497 e. The molecule has 1 aromatic carbocycles. The number of rotatable bonds is 4. The van der Waals surface area contributed by atoms with E-state index in [4.69, 9.17) is 4.74 Å². The number of hydrogen-bond donors (Lipinski definition) is 1. The SMILES string of the molecule is COc1ccc(Cc2ncc(C(C)O)s2)cc1. The lowest BCUT2D eigenvalue weighted by atomic mass is 10.1. The van der Waals surface area contributed by atoms with Gasteiger partial charge in [0.15, 0.2) is 0 Å². The molecule has 1 N–H and O–H groups in total. The average molecular weight is 249 g/mol. The molecule has 0 aliphatic carbocycles. The van der Waals surface area contributed by atoms with Gasteiger partial charge in [0.1, 0.15) is 5.75 Å². The second-order valence-electron chi connectivity index (χ2n) is 3.86. The Morgan fingerprint density at radius 2 is 2.06 bits per heavy atom. The number of ether oxygens (including phenoxy) is 1. The van der Waals surface area contributed by atoms with Crippen molar-refractivity contribution in [3.8, 4) is 5.75 Å². The third-order valence-electron chi connectivity index (χ3n) is 2.50. The molecule has 0 saturated carbocycles. The van der Waals surface area contributed by atoms with Crippen LogP contribution >= 0.6 is 11.3 Å². The van der Waals surface area contributed by atoms with Gasteiger partial charge in [0.2, 0.25) is 0 Å².